The third-order valence-corrected chi connectivity index (χ3v) is 4.28. The maximum Gasteiger partial charge on any atom is 0.252 e. The molecule has 1 unspecified atom stereocenters. The second kappa shape index (κ2) is 6.43. The highest BCUT2D eigenvalue weighted by molar-refractivity contribution is 5.79. The van der Waals surface area contributed by atoms with Crippen LogP contribution in [0.4, 0.5) is 10.3 Å². The largest absolute Gasteiger partial charge is 0.369 e. The van der Waals surface area contributed by atoms with Crippen LogP contribution in [0.1, 0.15) is 29.2 Å². The summed E-state index contributed by atoms with van der Waals surface area (Å²) in [7, 11) is 0. The number of halogens is 1. The van der Waals surface area contributed by atoms with Gasteiger partial charge in [-0.3, -0.25) is 14.6 Å². The van der Waals surface area contributed by atoms with Crippen molar-refractivity contribution in [1.29, 1.82) is 0 Å². The van der Waals surface area contributed by atoms with Gasteiger partial charge in [-0.05, 0) is 25.0 Å². The average Bonchev–Trinajstić information content (AvgIpc) is 3.00. The molecule has 1 atom stereocenters. The maximum absolute atomic E-state index is 13.8. The van der Waals surface area contributed by atoms with E-state index >= 15 is 0 Å². The van der Waals surface area contributed by atoms with Crippen molar-refractivity contribution in [2.45, 2.75) is 25.7 Å². The average molecular weight is 330 g/mol. The Labute approximate surface area is 138 Å². The molecule has 6 nitrogen and oxygen atoms in total. The summed E-state index contributed by atoms with van der Waals surface area (Å²) < 4.78 is 13.8. The first-order chi connectivity index (χ1) is 11.4. The topological polar surface area (TPSA) is 92.1 Å². The van der Waals surface area contributed by atoms with Gasteiger partial charge in [0.15, 0.2) is 0 Å². The zero-order chi connectivity index (χ0) is 17.3. The Kier molecular flexibility index (Phi) is 4.33. The van der Waals surface area contributed by atoms with Crippen LogP contribution in [-0.2, 0) is 11.2 Å². The van der Waals surface area contributed by atoms with Gasteiger partial charge in [-0.25, -0.2) is 9.37 Å². The lowest BCUT2D eigenvalue weighted by molar-refractivity contribution is -0.129. The number of carbonyl (C=O) groups excluding carboxylic acids is 1. The normalized spacial score (nSPS) is 17.2. The highest BCUT2D eigenvalue weighted by atomic mass is 19.1. The van der Waals surface area contributed by atoms with Crippen molar-refractivity contribution in [2.75, 3.05) is 18.8 Å². The first kappa shape index (κ1) is 16.2. The molecule has 1 fully saturated rings. The smallest absolute Gasteiger partial charge is 0.252 e. The minimum Gasteiger partial charge on any atom is -0.369 e. The highest BCUT2D eigenvalue weighted by Gasteiger charge is 2.29. The second-order valence-electron chi connectivity index (χ2n) is 6.15. The van der Waals surface area contributed by atoms with Gasteiger partial charge >= 0.3 is 0 Å². The maximum atomic E-state index is 13.8. The molecule has 0 radical (unpaired) electrons. The van der Waals surface area contributed by atoms with E-state index in [4.69, 9.17) is 5.73 Å². The summed E-state index contributed by atoms with van der Waals surface area (Å²) in [4.78, 5) is 32.2. The Morgan fingerprint density at radius 3 is 3.00 bits per heavy atom. The molecular formula is C17H19FN4O2. The third kappa shape index (κ3) is 3.45. The van der Waals surface area contributed by atoms with E-state index in [0.29, 0.717) is 30.8 Å². The second-order valence-corrected chi connectivity index (χ2v) is 6.15. The summed E-state index contributed by atoms with van der Waals surface area (Å²) >= 11 is 0. The first-order valence-electron chi connectivity index (χ1n) is 7.82. The van der Waals surface area contributed by atoms with E-state index in [-0.39, 0.29) is 35.6 Å². The molecule has 7 heteroatoms. The van der Waals surface area contributed by atoms with Crippen LogP contribution in [0.3, 0.4) is 0 Å². The van der Waals surface area contributed by atoms with Crippen LogP contribution in [-0.4, -0.2) is 33.9 Å². The number of nitrogen functional groups attached to an aromatic ring is 1. The summed E-state index contributed by atoms with van der Waals surface area (Å²) in [5, 5.41) is 0. The number of nitrogens with zero attached hydrogens (tertiary/aromatic N) is 2. The van der Waals surface area contributed by atoms with Gasteiger partial charge in [0.1, 0.15) is 5.82 Å². The SMILES string of the molecule is Cc1ccc(F)c(CC(=O)N2CCC(c3cc(=O)[nH]c(N)n3)C2)c1. The number of hydrogen-bond acceptors (Lipinski definition) is 4. The van der Waals surface area contributed by atoms with Crippen molar-refractivity contribution >= 4 is 11.9 Å². The highest BCUT2D eigenvalue weighted by Crippen LogP contribution is 2.26. The van der Waals surface area contributed by atoms with Gasteiger partial charge in [0, 0.05) is 25.1 Å². The number of aromatic nitrogens is 2. The molecule has 0 bridgehead atoms. The number of likely N-dealkylation sites (tertiary alicyclic amines) is 1. The van der Waals surface area contributed by atoms with Crippen LogP contribution >= 0.6 is 0 Å². The van der Waals surface area contributed by atoms with E-state index in [9.17, 15) is 14.0 Å². The van der Waals surface area contributed by atoms with Crippen LogP contribution in [0.25, 0.3) is 0 Å². The molecule has 1 saturated heterocycles. The molecule has 0 spiro atoms. The van der Waals surface area contributed by atoms with Gasteiger partial charge in [-0.2, -0.15) is 0 Å². The van der Waals surface area contributed by atoms with E-state index in [0.717, 1.165) is 5.56 Å². The first-order valence-corrected chi connectivity index (χ1v) is 7.82. The predicted molar refractivity (Wildman–Crippen MR) is 88.0 cm³/mol. The van der Waals surface area contributed by atoms with Crippen molar-refractivity contribution < 1.29 is 9.18 Å². The van der Waals surface area contributed by atoms with Crippen LogP contribution in [0.15, 0.2) is 29.1 Å². The van der Waals surface area contributed by atoms with E-state index in [2.05, 4.69) is 9.97 Å². The molecule has 1 aromatic carbocycles. The van der Waals surface area contributed by atoms with E-state index in [1.165, 1.54) is 12.1 Å². The summed E-state index contributed by atoms with van der Waals surface area (Å²) in [6.07, 6.45) is 0.739. The number of nitrogens with one attached hydrogen (secondary N) is 1. The Morgan fingerprint density at radius 1 is 1.46 bits per heavy atom. The molecule has 3 rings (SSSR count). The van der Waals surface area contributed by atoms with Crippen LogP contribution < -0.4 is 11.3 Å². The molecular weight excluding hydrogens is 311 g/mol. The van der Waals surface area contributed by atoms with Crippen LogP contribution in [0, 0.1) is 12.7 Å². The quantitative estimate of drug-likeness (QED) is 0.889. The number of aryl methyl sites for hydroxylation is 1. The van der Waals surface area contributed by atoms with Gasteiger partial charge in [-0.1, -0.05) is 17.7 Å². The zero-order valence-corrected chi connectivity index (χ0v) is 13.4. The lowest BCUT2D eigenvalue weighted by Crippen LogP contribution is -2.30. The third-order valence-electron chi connectivity index (χ3n) is 4.28. The van der Waals surface area contributed by atoms with Crippen molar-refractivity contribution in [3.8, 4) is 0 Å². The molecule has 0 aliphatic carbocycles. The Balaban J connectivity index is 1.70. The van der Waals surface area contributed by atoms with Crippen molar-refractivity contribution in [2.24, 2.45) is 0 Å². The summed E-state index contributed by atoms with van der Waals surface area (Å²) in [6, 6.07) is 6.17. The standard InChI is InChI=1S/C17H19FN4O2/c1-10-2-3-13(18)12(6-10)7-16(24)22-5-4-11(9-22)14-8-15(23)21-17(19)20-14/h2-3,6,8,11H,4-5,7,9H2,1H3,(H3,19,20,21,23). The predicted octanol–water partition coefficient (Wildman–Crippen LogP) is 1.36. The molecule has 1 aliphatic rings. The number of hydrogen-bond donors (Lipinski definition) is 2. The molecule has 1 aromatic heterocycles. The van der Waals surface area contributed by atoms with Gasteiger partial charge < -0.3 is 10.6 Å². The van der Waals surface area contributed by atoms with Gasteiger partial charge in [0.05, 0.1) is 12.1 Å². The number of H-pyrrole nitrogens is 1. The van der Waals surface area contributed by atoms with E-state index < -0.39 is 0 Å². The van der Waals surface area contributed by atoms with Crippen LogP contribution in [0.5, 0.6) is 0 Å². The number of nitrogens with two attached hydrogens (primary N) is 1. The van der Waals surface area contributed by atoms with Crippen molar-refractivity contribution in [1.82, 2.24) is 14.9 Å². The Morgan fingerprint density at radius 2 is 2.25 bits per heavy atom. The minimum absolute atomic E-state index is 0.0269. The number of amides is 1. The molecule has 2 aromatic rings. The molecule has 1 aliphatic heterocycles. The minimum atomic E-state index is -0.367. The fourth-order valence-electron chi connectivity index (χ4n) is 3.05. The number of benzene rings is 1. The van der Waals surface area contributed by atoms with E-state index in [1.807, 2.05) is 6.92 Å². The monoisotopic (exact) mass is 330 g/mol. The van der Waals surface area contributed by atoms with Crippen LogP contribution in [0.2, 0.25) is 0 Å². The van der Waals surface area contributed by atoms with Gasteiger partial charge in [0.2, 0.25) is 11.9 Å². The van der Waals surface area contributed by atoms with E-state index in [1.54, 1.807) is 17.0 Å². The summed E-state index contributed by atoms with van der Waals surface area (Å²) in [5.74, 6) is -0.446. The Hall–Kier alpha value is -2.70. The molecule has 0 saturated carbocycles. The van der Waals surface area contributed by atoms with Crippen molar-refractivity contribution in [3.63, 3.8) is 0 Å². The number of anilines is 1. The lowest BCUT2D eigenvalue weighted by atomic mass is 10.0. The van der Waals surface area contributed by atoms with Crippen molar-refractivity contribution in [3.05, 3.63) is 57.3 Å². The fraction of sp³-hybridized carbons (Fsp3) is 0.353. The lowest BCUT2D eigenvalue weighted by Gasteiger charge is -2.17. The Bertz CT molecular complexity index is 834. The fourth-order valence-corrected chi connectivity index (χ4v) is 3.05. The molecule has 3 N–H and O–H groups in total. The molecule has 2 heterocycles. The number of aromatic amines is 1. The number of carbonyl (C=O) groups is 1. The summed E-state index contributed by atoms with van der Waals surface area (Å²) in [5.41, 5.74) is 7.18. The molecule has 24 heavy (non-hydrogen) atoms. The zero-order valence-electron chi connectivity index (χ0n) is 13.4. The molecule has 1 amide bonds. The number of rotatable bonds is 3. The molecule has 126 valence electrons. The van der Waals surface area contributed by atoms with Gasteiger partial charge in [0.25, 0.3) is 5.56 Å². The summed E-state index contributed by atoms with van der Waals surface area (Å²) in [6.45, 7) is 2.88. The van der Waals surface area contributed by atoms with Gasteiger partial charge in [-0.15, -0.1) is 0 Å².